The summed E-state index contributed by atoms with van der Waals surface area (Å²) in [5.74, 6) is 0.249. The van der Waals surface area contributed by atoms with Crippen LogP contribution in [0, 0.1) is 5.82 Å². The highest BCUT2D eigenvalue weighted by atomic mass is 19.1. The molecule has 4 heteroatoms. The molecule has 1 aliphatic rings. The monoisotopic (exact) mass is 287 g/mol. The first-order valence-electron chi connectivity index (χ1n) is 6.93. The minimum absolute atomic E-state index is 0.193. The first-order chi connectivity index (χ1) is 10.2. The highest BCUT2D eigenvalue weighted by molar-refractivity contribution is 5.40. The number of benzene rings is 2. The van der Waals surface area contributed by atoms with Crippen molar-refractivity contribution in [3.05, 3.63) is 64.5 Å². The zero-order valence-electron chi connectivity index (χ0n) is 12.2. The van der Waals surface area contributed by atoms with Crippen LogP contribution in [0.3, 0.4) is 0 Å². The molecule has 0 saturated heterocycles. The van der Waals surface area contributed by atoms with Crippen LogP contribution in [0.25, 0.3) is 0 Å². The topological polar surface area (TPSA) is 30.5 Å². The Morgan fingerprint density at radius 3 is 2.67 bits per heavy atom. The minimum atomic E-state index is -0.273. The molecule has 2 aromatic rings. The average Bonchev–Trinajstić information content (AvgIpc) is 2.97. The Morgan fingerprint density at radius 1 is 1.14 bits per heavy atom. The Morgan fingerprint density at radius 2 is 1.95 bits per heavy atom. The Balaban J connectivity index is 1.98. The molecule has 110 valence electrons. The predicted molar refractivity (Wildman–Crippen MR) is 78.8 cm³/mol. The normalized spacial score (nSPS) is 14.8. The average molecular weight is 287 g/mol. The van der Waals surface area contributed by atoms with Gasteiger partial charge in [-0.1, -0.05) is 24.3 Å². The van der Waals surface area contributed by atoms with Gasteiger partial charge in [-0.05, 0) is 29.8 Å². The van der Waals surface area contributed by atoms with Crippen molar-refractivity contribution in [2.24, 2.45) is 0 Å². The summed E-state index contributed by atoms with van der Waals surface area (Å²) in [5.41, 5.74) is 4.04. The number of hydrogen-bond acceptors (Lipinski definition) is 3. The smallest absolute Gasteiger partial charge is 0.132 e. The molecule has 1 N–H and O–H groups in total. The van der Waals surface area contributed by atoms with Gasteiger partial charge in [0.15, 0.2) is 0 Å². The maximum absolute atomic E-state index is 14.3. The number of methoxy groups -OCH3 is 1. The molecule has 1 unspecified atom stereocenters. The van der Waals surface area contributed by atoms with E-state index in [2.05, 4.69) is 17.4 Å². The molecule has 0 radical (unpaired) electrons. The Bertz CT molecular complexity index is 657. The second kappa shape index (κ2) is 5.84. The van der Waals surface area contributed by atoms with Gasteiger partial charge in [-0.3, -0.25) is 0 Å². The highest BCUT2D eigenvalue weighted by Crippen LogP contribution is 2.30. The summed E-state index contributed by atoms with van der Waals surface area (Å²) in [5, 5.41) is 3.18. The van der Waals surface area contributed by atoms with E-state index in [-0.39, 0.29) is 11.9 Å². The van der Waals surface area contributed by atoms with Crippen LogP contribution in [0.15, 0.2) is 36.4 Å². The fourth-order valence-electron chi connectivity index (χ4n) is 2.74. The third-order valence-corrected chi connectivity index (χ3v) is 3.89. The third kappa shape index (κ3) is 2.64. The summed E-state index contributed by atoms with van der Waals surface area (Å²) in [6.07, 6.45) is 0. The molecule has 2 aromatic carbocycles. The van der Waals surface area contributed by atoms with E-state index in [0.717, 1.165) is 5.56 Å². The third-order valence-electron chi connectivity index (χ3n) is 3.89. The van der Waals surface area contributed by atoms with E-state index in [1.165, 1.54) is 24.3 Å². The van der Waals surface area contributed by atoms with Crippen LogP contribution in [0.1, 0.15) is 28.3 Å². The summed E-state index contributed by atoms with van der Waals surface area (Å²) in [6, 6.07) is 10.9. The molecule has 0 aliphatic carbocycles. The minimum Gasteiger partial charge on any atom is -0.497 e. The van der Waals surface area contributed by atoms with Crippen LogP contribution < -0.4 is 10.1 Å². The van der Waals surface area contributed by atoms with Crippen molar-refractivity contribution in [3.8, 4) is 5.75 Å². The van der Waals surface area contributed by atoms with E-state index in [1.807, 2.05) is 13.1 Å². The van der Waals surface area contributed by atoms with Gasteiger partial charge in [0, 0.05) is 11.6 Å². The zero-order chi connectivity index (χ0) is 14.8. The molecule has 0 aromatic heterocycles. The van der Waals surface area contributed by atoms with Crippen LogP contribution in [0.2, 0.25) is 0 Å². The van der Waals surface area contributed by atoms with E-state index in [1.54, 1.807) is 12.1 Å². The Hall–Kier alpha value is -1.91. The van der Waals surface area contributed by atoms with Gasteiger partial charge in [-0.25, -0.2) is 4.39 Å². The fraction of sp³-hybridized carbons (Fsp3) is 0.294. The van der Waals surface area contributed by atoms with Crippen LogP contribution in [-0.2, 0) is 18.0 Å². The zero-order valence-corrected chi connectivity index (χ0v) is 12.2. The maximum atomic E-state index is 14.3. The molecule has 1 aliphatic heterocycles. The number of fused-ring (bicyclic) bond motifs is 1. The summed E-state index contributed by atoms with van der Waals surface area (Å²) in [4.78, 5) is 0. The Kier molecular flexibility index (Phi) is 3.90. The van der Waals surface area contributed by atoms with Crippen molar-refractivity contribution in [2.75, 3.05) is 14.2 Å². The van der Waals surface area contributed by atoms with Gasteiger partial charge in [0.2, 0.25) is 0 Å². The van der Waals surface area contributed by atoms with Crippen molar-refractivity contribution < 1.29 is 13.9 Å². The van der Waals surface area contributed by atoms with E-state index in [4.69, 9.17) is 9.47 Å². The predicted octanol–water partition coefficient (Wildman–Crippen LogP) is 3.17. The Labute approximate surface area is 123 Å². The fourth-order valence-corrected chi connectivity index (χ4v) is 2.74. The lowest BCUT2D eigenvalue weighted by molar-refractivity contribution is 0.134. The van der Waals surface area contributed by atoms with Crippen molar-refractivity contribution in [2.45, 2.75) is 19.3 Å². The lowest BCUT2D eigenvalue weighted by Crippen LogP contribution is -2.19. The van der Waals surface area contributed by atoms with Crippen molar-refractivity contribution in [3.63, 3.8) is 0 Å². The van der Waals surface area contributed by atoms with Crippen molar-refractivity contribution in [1.82, 2.24) is 5.32 Å². The SMILES string of the molecule is CNC(c1ccc2c(c1)COC2)c1ccc(OC)cc1F. The molecular weight excluding hydrogens is 269 g/mol. The number of halogens is 1. The van der Waals surface area contributed by atoms with E-state index < -0.39 is 0 Å². The second-order valence-corrected chi connectivity index (χ2v) is 5.13. The van der Waals surface area contributed by atoms with Crippen LogP contribution in [0.4, 0.5) is 4.39 Å². The first-order valence-corrected chi connectivity index (χ1v) is 6.93. The number of ether oxygens (including phenoxy) is 2. The molecule has 0 fully saturated rings. The lowest BCUT2D eigenvalue weighted by Gasteiger charge is -2.19. The van der Waals surface area contributed by atoms with Crippen LogP contribution >= 0.6 is 0 Å². The van der Waals surface area contributed by atoms with Crippen molar-refractivity contribution in [1.29, 1.82) is 0 Å². The molecule has 0 bridgehead atoms. The quantitative estimate of drug-likeness (QED) is 0.937. The van der Waals surface area contributed by atoms with Crippen LogP contribution in [-0.4, -0.2) is 14.2 Å². The largest absolute Gasteiger partial charge is 0.497 e. The molecular formula is C17H18FNO2. The van der Waals surface area contributed by atoms with Gasteiger partial charge < -0.3 is 14.8 Å². The molecule has 21 heavy (non-hydrogen) atoms. The molecule has 0 amide bonds. The lowest BCUT2D eigenvalue weighted by atomic mass is 9.95. The van der Waals surface area contributed by atoms with Gasteiger partial charge in [-0.15, -0.1) is 0 Å². The van der Waals surface area contributed by atoms with Gasteiger partial charge in [0.25, 0.3) is 0 Å². The summed E-state index contributed by atoms with van der Waals surface area (Å²) < 4.78 is 24.8. The highest BCUT2D eigenvalue weighted by Gasteiger charge is 2.19. The molecule has 1 atom stereocenters. The van der Waals surface area contributed by atoms with Gasteiger partial charge in [0.05, 0.1) is 26.4 Å². The number of hydrogen-bond donors (Lipinski definition) is 1. The second-order valence-electron chi connectivity index (χ2n) is 5.13. The van der Waals surface area contributed by atoms with Gasteiger partial charge >= 0.3 is 0 Å². The van der Waals surface area contributed by atoms with Crippen molar-refractivity contribution >= 4 is 0 Å². The summed E-state index contributed by atoms with van der Waals surface area (Å²) >= 11 is 0. The molecule has 0 saturated carbocycles. The van der Waals surface area contributed by atoms with E-state index in [9.17, 15) is 4.39 Å². The van der Waals surface area contributed by atoms with Gasteiger partial charge in [-0.2, -0.15) is 0 Å². The molecule has 3 rings (SSSR count). The van der Waals surface area contributed by atoms with E-state index in [0.29, 0.717) is 24.5 Å². The first kappa shape index (κ1) is 14.0. The summed E-state index contributed by atoms with van der Waals surface area (Å²) in [6.45, 7) is 1.29. The maximum Gasteiger partial charge on any atom is 0.132 e. The molecule has 0 spiro atoms. The number of nitrogens with one attached hydrogen (secondary N) is 1. The standard InChI is InChI=1S/C17H18FNO2/c1-19-17(15-6-5-14(20-2)8-16(15)18)11-3-4-12-9-21-10-13(12)7-11/h3-8,17,19H,9-10H2,1-2H3. The molecule has 3 nitrogen and oxygen atoms in total. The van der Waals surface area contributed by atoms with Crippen LogP contribution in [0.5, 0.6) is 5.75 Å². The molecule has 1 heterocycles. The summed E-state index contributed by atoms with van der Waals surface area (Å²) in [7, 11) is 3.36. The number of rotatable bonds is 4. The van der Waals surface area contributed by atoms with E-state index >= 15 is 0 Å². The van der Waals surface area contributed by atoms with Gasteiger partial charge in [0.1, 0.15) is 11.6 Å².